The van der Waals surface area contributed by atoms with E-state index in [1.54, 1.807) is 10.6 Å². The molecule has 2 aromatic rings. The standard InChI is InChI=1S/C11H12FN3O2S/c12-7-1-2-8-9(5-7)15(11(18)14-8)3-4-17-6-10(13)16/h1-2,5H,3-4,6H2,(H2,13,16)(H,14,18). The summed E-state index contributed by atoms with van der Waals surface area (Å²) in [6.07, 6.45) is 0. The van der Waals surface area contributed by atoms with Gasteiger partial charge in [0.15, 0.2) is 4.77 Å². The van der Waals surface area contributed by atoms with Crippen LogP contribution in [0, 0.1) is 10.6 Å². The van der Waals surface area contributed by atoms with Crippen LogP contribution in [-0.4, -0.2) is 28.7 Å². The van der Waals surface area contributed by atoms with Crippen molar-refractivity contribution in [1.29, 1.82) is 0 Å². The van der Waals surface area contributed by atoms with E-state index in [9.17, 15) is 9.18 Å². The van der Waals surface area contributed by atoms with Crippen LogP contribution in [0.1, 0.15) is 0 Å². The van der Waals surface area contributed by atoms with Crippen molar-refractivity contribution in [3.05, 3.63) is 28.8 Å². The number of aromatic amines is 1. The van der Waals surface area contributed by atoms with Gasteiger partial charge in [-0.2, -0.15) is 0 Å². The maximum Gasteiger partial charge on any atom is 0.243 e. The number of nitrogens with two attached hydrogens (primary N) is 1. The fourth-order valence-electron chi connectivity index (χ4n) is 1.68. The lowest BCUT2D eigenvalue weighted by molar-refractivity contribution is -0.122. The van der Waals surface area contributed by atoms with Gasteiger partial charge in [-0.25, -0.2) is 4.39 Å². The molecule has 7 heteroatoms. The molecular formula is C11H12FN3O2S. The number of amides is 1. The van der Waals surface area contributed by atoms with Gasteiger partial charge in [0.1, 0.15) is 12.4 Å². The molecule has 0 saturated heterocycles. The molecule has 2 rings (SSSR count). The summed E-state index contributed by atoms with van der Waals surface area (Å²) in [6, 6.07) is 4.39. The fraction of sp³-hybridized carbons (Fsp3) is 0.273. The number of nitrogens with one attached hydrogen (secondary N) is 1. The van der Waals surface area contributed by atoms with E-state index in [-0.39, 0.29) is 19.0 Å². The number of halogens is 1. The molecule has 0 saturated carbocycles. The highest BCUT2D eigenvalue weighted by Gasteiger charge is 2.05. The van der Waals surface area contributed by atoms with Crippen molar-refractivity contribution in [1.82, 2.24) is 9.55 Å². The summed E-state index contributed by atoms with van der Waals surface area (Å²) in [7, 11) is 0. The van der Waals surface area contributed by atoms with Gasteiger partial charge >= 0.3 is 0 Å². The van der Waals surface area contributed by atoms with E-state index in [4.69, 9.17) is 22.7 Å². The van der Waals surface area contributed by atoms with Crippen molar-refractivity contribution in [2.24, 2.45) is 5.73 Å². The number of hydrogen-bond acceptors (Lipinski definition) is 3. The lowest BCUT2D eigenvalue weighted by Crippen LogP contribution is -2.19. The molecule has 18 heavy (non-hydrogen) atoms. The summed E-state index contributed by atoms with van der Waals surface area (Å²) in [5, 5.41) is 0. The number of ether oxygens (including phenoxy) is 1. The second-order valence-corrected chi connectivity index (χ2v) is 4.15. The fourth-order valence-corrected chi connectivity index (χ4v) is 1.98. The first-order valence-corrected chi connectivity index (χ1v) is 5.73. The van der Waals surface area contributed by atoms with E-state index in [1.165, 1.54) is 12.1 Å². The SMILES string of the molecule is NC(=O)COCCn1c(=S)[nH]c2ccc(F)cc21. The normalized spacial score (nSPS) is 10.9. The lowest BCUT2D eigenvalue weighted by atomic mass is 10.3. The second-order valence-electron chi connectivity index (χ2n) is 3.76. The van der Waals surface area contributed by atoms with Crippen molar-refractivity contribution < 1.29 is 13.9 Å². The number of fused-ring (bicyclic) bond motifs is 1. The highest BCUT2D eigenvalue weighted by molar-refractivity contribution is 7.71. The van der Waals surface area contributed by atoms with Crippen LogP contribution >= 0.6 is 12.2 Å². The number of rotatable bonds is 5. The van der Waals surface area contributed by atoms with Crippen molar-refractivity contribution in [2.75, 3.05) is 13.2 Å². The first-order valence-electron chi connectivity index (χ1n) is 5.32. The molecule has 0 bridgehead atoms. The van der Waals surface area contributed by atoms with Crippen LogP contribution in [0.25, 0.3) is 11.0 Å². The van der Waals surface area contributed by atoms with Gasteiger partial charge in [-0.15, -0.1) is 0 Å². The van der Waals surface area contributed by atoms with Crippen molar-refractivity contribution in [3.63, 3.8) is 0 Å². The minimum Gasteiger partial charge on any atom is -0.370 e. The summed E-state index contributed by atoms with van der Waals surface area (Å²) in [5.41, 5.74) is 6.37. The molecule has 0 aliphatic rings. The van der Waals surface area contributed by atoms with Gasteiger partial charge in [-0.05, 0) is 30.4 Å². The molecule has 0 aliphatic carbocycles. The minimum atomic E-state index is -0.524. The third-order valence-corrected chi connectivity index (χ3v) is 2.76. The Morgan fingerprint density at radius 1 is 1.56 bits per heavy atom. The quantitative estimate of drug-likeness (QED) is 0.635. The van der Waals surface area contributed by atoms with Gasteiger partial charge < -0.3 is 20.0 Å². The predicted molar refractivity (Wildman–Crippen MR) is 67.1 cm³/mol. The summed E-state index contributed by atoms with van der Waals surface area (Å²) in [4.78, 5) is 13.5. The third kappa shape index (κ3) is 2.74. The van der Waals surface area contributed by atoms with Gasteiger partial charge in [-0.3, -0.25) is 4.79 Å². The van der Waals surface area contributed by atoms with E-state index >= 15 is 0 Å². The molecule has 1 aromatic heterocycles. The van der Waals surface area contributed by atoms with E-state index in [0.29, 0.717) is 16.8 Å². The number of H-pyrrole nitrogens is 1. The largest absolute Gasteiger partial charge is 0.370 e. The van der Waals surface area contributed by atoms with E-state index in [1.807, 2.05) is 0 Å². The molecule has 0 radical (unpaired) electrons. The van der Waals surface area contributed by atoms with Crippen molar-refractivity contribution in [3.8, 4) is 0 Å². The molecule has 0 unspecified atom stereocenters. The zero-order valence-electron chi connectivity index (χ0n) is 9.48. The Kier molecular flexibility index (Phi) is 3.73. The number of primary amides is 1. The van der Waals surface area contributed by atoms with E-state index < -0.39 is 5.91 Å². The van der Waals surface area contributed by atoms with Crippen molar-refractivity contribution >= 4 is 29.2 Å². The average molecular weight is 269 g/mol. The highest BCUT2D eigenvalue weighted by atomic mass is 32.1. The van der Waals surface area contributed by atoms with Gasteiger partial charge in [0, 0.05) is 6.54 Å². The predicted octanol–water partition coefficient (Wildman–Crippen LogP) is 1.34. The van der Waals surface area contributed by atoms with Crippen LogP contribution < -0.4 is 5.73 Å². The maximum absolute atomic E-state index is 13.2. The monoisotopic (exact) mass is 269 g/mol. The summed E-state index contributed by atoms with van der Waals surface area (Å²) in [5.74, 6) is -0.855. The number of carbonyl (C=O) groups is 1. The molecule has 0 spiro atoms. The van der Waals surface area contributed by atoms with Gasteiger partial charge in [0.2, 0.25) is 5.91 Å². The zero-order chi connectivity index (χ0) is 13.1. The number of aromatic nitrogens is 2. The molecule has 3 N–H and O–H groups in total. The number of nitrogens with zero attached hydrogens (tertiary/aromatic N) is 1. The molecule has 0 aliphatic heterocycles. The Balaban J connectivity index is 2.17. The molecule has 0 fully saturated rings. The van der Waals surface area contributed by atoms with Crippen LogP contribution in [0.2, 0.25) is 0 Å². The molecule has 0 atom stereocenters. The Bertz CT molecular complexity index is 635. The summed E-state index contributed by atoms with van der Waals surface area (Å²) in [6.45, 7) is 0.570. The van der Waals surface area contributed by atoms with Crippen LogP contribution in [0.3, 0.4) is 0 Å². The smallest absolute Gasteiger partial charge is 0.243 e. The lowest BCUT2D eigenvalue weighted by Gasteiger charge is -2.04. The first kappa shape index (κ1) is 12.7. The number of benzene rings is 1. The van der Waals surface area contributed by atoms with Crippen LogP contribution in [-0.2, 0) is 16.1 Å². The molecule has 1 amide bonds. The van der Waals surface area contributed by atoms with Gasteiger partial charge in [-0.1, -0.05) is 0 Å². The Hall–Kier alpha value is -1.73. The minimum absolute atomic E-state index is 0.135. The van der Waals surface area contributed by atoms with Crippen LogP contribution in [0.5, 0.6) is 0 Å². The number of hydrogen-bond donors (Lipinski definition) is 2. The zero-order valence-corrected chi connectivity index (χ0v) is 10.3. The first-order chi connectivity index (χ1) is 8.58. The molecular weight excluding hydrogens is 257 g/mol. The summed E-state index contributed by atoms with van der Waals surface area (Å²) >= 11 is 5.14. The van der Waals surface area contributed by atoms with Crippen molar-refractivity contribution in [2.45, 2.75) is 6.54 Å². The maximum atomic E-state index is 13.2. The Morgan fingerprint density at radius 2 is 2.33 bits per heavy atom. The molecule has 1 heterocycles. The van der Waals surface area contributed by atoms with Crippen LogP contribution in [0.15, 0.2) is 18.2 Å². The molecule has 1 aromatic carbocycles. The highest BCUT2D eigenvalue weighted by Crippen LogP contribution is 2.15. The van der Waals surface area contributed by atoms with E-state index in [0.717, 1.165) is 5.52 Å². The Morgan fingerprint density at radius 3 is 3.06 bits per heavy atom. The molecule has 5 nitrogen and oxygen atoms in total. The second kappa shape index (κ2) is 5.28. The topological polar surface area (TPSA) is 73.0 Å². The number of imidazole rings is 1. The van der Waals surface area contributed by atoms with Gasteiger partial charge in [0.25, 0.3) is 0 Å². The van der Waals surface area contributed by atoms with Gasteiger partial charge in [0.05, 0.1) is 17.6 Å². The Labute approximate surface area is 107 Å². The average Bonchev–Trinajstić information content (AvgIpc) is 2.60. The third-order valence-electron chi connectivity index (χ3n) is 2.44. The summed E-state index contributed by atoms with van der Waals surface area (Å²) < 4.78 is 20.4. The molecule has 96 valence electrons. The van der Waals surface area contributed by atoms with E-state index in [2.05, 4.69) is 4.98 Å². The van der Waals surface area contributed by atoms with Crippen LogP contribution in [0.4, 0.5) is 4.39 Å². The number of carbonyl (C=O) groups excluding carboxylic acids is 1.